The maximum absolute atomic E-state index is 12.9. The Kier molecular flexibility index (Phi) is 4.47. The summed E-state index contributed by atoms with van der Waals surface area (Å²) in [6.07, 6.45) is -5.11. The summed E-state index contributed by atoms with van der Waals surface area (Å²) in [5.74, 6) is -0.641. The SMILES string of the molecule is CC(C)(C)OC(=O)NC(C1CCNC1)C(F)(F)F. The maximum atomic E-state index is 12.9. The Bertz CT molecular complexity index is 294. The first kappa shape index (κ1) is 15.1. The monoisotopic (exact) mass is 268 g/mol. The van der Waals surface area contributed by atoms with Gasteiger partial charge in [0.25, 0.3) is 0 Å². The van der Waals surface area contributed by atoms with E-state index in [9.17, 15) is 18.0 Å². The molecule has 0 bridgehead atoms. The Labute approximate surface area is 104 Å². The van der Waals surface area contributed by atoms with Crippen LogP contribution in [0.2, 0.25) is 0 Å². The number of ether oxygens (including phenoxy) is 1. The van der Waals surface area contributed by atoms with Crippen LogP contribution in [0.25, 0.3) is 0 Å². The molecule has 2 N–H and O–H groups in total. The van der Waals surface area contributed by atoms with E-state index in [1.807, 2.05) is 5.32 Å². The fourth-order valence-electron chi connectivity index (χ4n) is 1.86. The van der Waals surface area contributed by atoms with E-state index in [2.05, 4.69) is 5.32 Å². The van der Waals surface area contributed by atoms with Gasteiger partial charge in [-0.1, -0.05) is 0 Å². The van der Waals surface area contributed by atoms with Crippen LogP contribution in [0.5, 0.6) is 0 Å². The molecule has 1 fully saturated rings. The largest absolute Gasteiger partial charge is 0.444 e. The number of hydrogen-bond acceptors (Lipinski definition) is 3. The number of rotatable bonds is 2. The topological polar surface area (TPSA) is 50.4 Å². The van der Waals surface area contributed by atoms with Gasteiger partial charge in [-0.25, -0.2) is 4.79 Å². The van der Waals surface area contributed by atoms with Crippen molar-refractivity contribution in [3.8, 4) is 0 Å². The van der Waals surface area contributed by atoms with E-state index in [-0.39, 0.29) is 6.54 Å². The van der Waals surface area contributed by atoms with Crippen LogP contribution in [0.15, 0.2) is 0 Å². The van der Waals surface area contributed by atoms with E-state index in [0.29, 0.717) is 13.0 Å². The maximum Gasteiger partial charge on any atom is 0.409 e. The molecule has 0 aromatic rings. The smallest absolute Gasteiger partial charge is 0.409 e. The molecule has 1 saturated heterocycles. The van der Waals surface area contributed by atoms with Crippen LogP contribution in [0.1, 0.15) is 27.2 Å². The molecule has 2 unspecified atom stereocenters. The zero-order chi connectivity index (χ0) is 14.0. The molecule has 0 aromatic heterocycles. The van der Waals surface area contributed by atoms with Gasteiger partial charge in [0.05, 0.1) is 0 Å². The number of nitrogens with one attached hydrogen (secondary N) is 2. The standard InChI is InChI=1S/C11H19F3N2O2/c1-10(2,3)18-9(17)16-8(11(12,13)14)7-4-5-15-6-7/h7-8,15H,4-6H2,1-3H3,(H,16,17). The molecule has 106 valence electrons. The zero-order valence-corrected chi connectivity index (χ0v) is 10.7. The molecule has 4 nitrogen and oxygen atoms in total. The normalized spacial score (nSPS) is 22.7. The van der Waals surface area contributed by atoms with Gasteiger partial charge in [0.1, 0.15) is 11.6 Å². The van der Waals surface area contributed by atoms with Crippen LogP contribution < -0.4 is 10.6 Å². The molecule has 7 heteroatoms. The Morgan fingerprint density at radius 2 is 2.00 bits per heavy atom. The summed E-state index contributed by atoms with van der Waals surface area (Å²) in [5, 5.41) is 4.78. The lowest BCUT2D eigenvalue weighted by atomic mass is 9.98. The number of carbonyl (C=O) groups excluding carboxylic acids is 1. The number of hydrogen-bond donors (Lipinski definition) is 2. The summed E-state index contributed by atoms with van der Waals surface area (Å²) in [5.41, 5.74) is -0.811. The highest BCUT2D eigenvalue weighted by Crippen LogP contribution is 2.29. The highest BCUT2D eigenvalue weighted by Gasteiger charge is 2.46. The molecule has 1 aliphatic rings. The second-order valence-electron chi connectivity index (χ2n) is 5.42. The molecule has 0 spiro atoms. The van der Waals surface area contributed by atoms with Crippen molar-refractivity contribution in [3.05, 3.63) is 0 Å². The van der Waals surface area contributed by atoms with E-state index < -0.39 is 29.8 Å². The highest BCUT2D eigenvalue weighted by atomic mass is 19.4. The quantitative estimate of drug-likeness (QED) is 0.806. The molecule has 1 rings (SSSR count). The van der Waals surface area contributed by atoms with Crippen LogP contribution in [-0.4, -0.2) is 37.0 Å². The first-order valence-corrected chi connectivity index (χ1v) is 5.86. The molecule has 0 aliphatic carbocycles. The van der Waals surface area contributed by atoms with Crippen molar-refractivity contribution in [3.63, 3.8) is 0 Å². The minimum Gasteiger partial charge on any atom is -0.444 e. The van der Waals surface area contributed by atoms with Gasteiger partial charge in [0, 0.05) is 12.5 Å². The van der Waals surface area contributed by atoms with Gasteiger partial charge < -0.3 is 15.4 Å². The van der Waals surface area contributed by atoms with Crippen molar-refractivity contribution >= 4 is 6.09 Å². The van der Waals surface area contributed by atoms with Crippen molar-refractivity contribution in [1.82, 2.24) is 10.6 Å². The van der Waals surface area contributed by atoms with E-state index >= 15 is 0 Å². The molecule has 0 radical (unpaired) electrons. The summed E-state index contributed by atoms with van der Waals surface area (Å²) in [6, 6.07) is -1.86. The second kappa shape index (κ2) is 5.34. The fourth-order valence-corrected chi connectivity index (χ4v) is 1.86. The van der Waals surface area contributed by atoms with Crippen LogP contribution >= 0.6 is 0 Å². The van der Waals surface area contributed by atoms with Gasteiger partial charge in [-0.05, 0) is 33.7 Å². The molecular formula is C11H19F3N2O2. The molecule has 2 atom stereocenters. The van der Waals surface area contributed by atoms with E-state index in [4.69, 9.17) is 4.74 Å². The van der Waals surface area contributed by atoms with Crippen LogP contribution in [-0.2, 0) is 4.74 Å². The summed E-state index contributed by atoms with van der Waals surface area (Å²) in [4.78, 5) is 11.4. The third-order valence-corrected chi connectivity index (χ3v) is 2.59. The van der Waals surface area contributed by atoms with E-state index in [1.165, 1.54) is 0 Å². The highest BCUT2D eigenvalue weighted by molar-refractivity contribution is 5.68. The fraction of sp³-hybridized carbons (Fsp3) is 0.909. The van der Waals surface area contributed by atoms with E-state index in [1.54, 1.807) is 20.8 Å². The number of alkyl carbamates (subject to hydrolysis) is 1. The van der Waals surface area contributed by atoms with Crippen molar-refractivity contribution in [2.75, 3.05) is 13.1 Å². The number of amides is 1. The lowest BCUT2D eigenvalue weighted by molar-refractivity contribution is -0.165. The van der Waals surface area contributed by atoms with Gasteiger partial charge >= 0.3 is 12.3 Å². The van der Waals surface area contributed by atoms with Gasteiger partial charge in [0.15, 0.2) is 0 Å². The minimum atomic E-state index is -4.46. The van der Waals surface area contributed by atoms with Crippen molar-refractivity contribution in [1.29, 1.82) is 0 Å². The van der Waals surface area contributed by atoms with Gasteiger partial charge in [-0.2, -0.15) is 13.2 Å². The summed E-state index contributed by atoms with van der Waals surface area (Å²) in [6.45, 7) is 5.60. The molecule has 18 heavy (non-hydrogen) atoms. The summed E-state index contributed by atoms with van der Waals surface area (Å²) < 4.78 is 43.5. The van der Waals surface area contributed by atoms with E-state index in [0.717, 1.165) is 0 Å². The van der Waals surface area contributed by atoms with Crippen LogP contribution in [0.4, 0.5) is 18.0 Å². The Hall–Kier alpha value is -0.980. The lowest BCUT2D eigenvalue weighted by Gasteiger charge is -2.28. The van der Waals surface area contributed by atoms with Crippen molar-refractivity contribution < 1.29 is 22.7 Å². The van der Waals surface area contributed by atoms with Crippen LogP contribution in [0.3, 0.4) is 0 Å². The summed E-state index contributed by atoms with van der Waals surface area (Å²) >= 11 is 0. The Morgan fingerprint density at radius 3 is 2.39 bits per heavy atom. The predicted molar refractivity (Wildman–Crippen MR) is 60.2 cm³/mol. The third-order valence-electron chi connectivity index (χ3n) is 2.59. The Balaban J connectivity index is 2.64. The number of alkyl halides is 3. The lowest BCUT2D eigenvalue weighted by Crippen LogP contribution is -2.51. The first-order valence-electron chi connectivity index (χ1n) is 5.86. The average molecular weight is 268 g/mol. The average Bonchev–Trinajstić information content (AvgIpc) is 2.61. The molecule has 1 amide bonds. The van der Waals surface area contributed by atoms with Gasteiger partial charge in [0.2, 0.25) is 0 Å². The third kappa shape index (κ3) is 4.72. The first-order chi connectivity index (χ1) is 8.09. The molecule has 1 aliphatic heterocycles. The number of carbonyl (C=O) groups is 1. The second-order valence-corrected chi connectivity index (χ2v) is 5.42. The number of halogens is 3. The minimum absolute atomic E-state index is 0.250. The predicted octanol–water partition coefficient (Wildman–Crippen LogP) is 2.05. The molecule has 0 saturated carbocycles. The zero-order valence-electron chi connectivity index (χ0n) is 10.7. The van der Waals surface area contributed by atoms with Crippen molar-refractivity contribution in [2.24, 2.45) is 5.92 Å². The summed E-state index contributed by atoms with van der Waals surface area (Å²) in [7, 11) is 0. The Morgan fingerprint density at radius 1 is 1.39 bits per heavy atom. The molecular weight excluding hydrogens is 249 g/mol. The van der Waals surface area contributed by atoms with Crippen LogP contribution in [0, 0.1) is 5.92 Å². The molecule has 0 aromatic carbocycles. The van der Waals surface area contributed by atoms with Gasteiger partial charge in [-0.3, -0.25) is 0 Å². The molecule has 1 heterocycles. The van der Waals surface area contributed by atoms with Gasteiger partial charge in [-0.15, -0.1) is 0 Å². The van der Waals surface area contributed by atoms with Crippen molar-refractivity contribution in [2.45, 2.75) is 45.0 Å².